The van der Waals surface area contributed by atoms with E-state index >= 15 is 0 Å². The lowest BCUT2D eigenvalue weighted by Gasteiger charge is -2.18. The number of nitriles is 1. The number of carbonyl (C=O) groups is 1. The zero-order valence-electron chi connectivity index (χ0n) is 12.1. The van der Waals surface area contributed by atoms with Gasteiger partial charge in [0.25, 0.3) is 5.91 Å². The second-order valence-electron chi connectivity index (χ2n) is 5.27. The third-order valence-electron chi connectivity index (χ3n) is 3.68. The molecule has 2 aromatic rings. The molecular weight excluding hydrogens is 276 g/mol. The van der Waals surface area contributed by atoms with Crippen LogP contribution in [0.1, 0.15) is 33.5 Å². The predicted molar refractivity (Wildman–Crippen MR) is 82.6 cm³/mol. The fourth-order valence-electron chi connectivity index (χ4n) is 2.54. The van der Waals surface area contributed by atoms with E-state index in [-0.39, 0.29) is 5.91 Å². The van der Waals surface area contributed by atoms with E-state index in [1.165, 1.54) is 5.56 Å². The standard InChI is InChI=1S/C18H16N2O2/c19-11-13-3-1-4-16(9-13)18(21)20-12-14-6-7-17-15(10-14)5-2-8-22-17/h1,3-4,6-7,9-10H,2,5,8,12H2,(H,20,21). The first-order chi connectivity index (χ1) is 10.8. The van der Waals surface area contributed by atoms with E-state index in [2.05, 4.69) is 11.4 Å². The maximum absolute atomic E-state index is 12.1. The summed E-state index contributed by atoms with van der Waals surface area (Å²) in [5.74, 6) is 0.772. The van der Waals surface area contributed by atoms with Crippen LogP contribution in [0, 0.1) is 11.3 Å². The van der Waals surface area contributed by atoms with E-state index in [0.717, 1.165) is 30.8 Å². The van der Waals surface area contributed by atoms with Gasteiger partial charge in [0.15, 0.2) is 0 Å². The summed E-state index contributed by atoms with van der Waals surface area (Å²) in [6.07, 6.45) is 2.05. The molecule has 0 spiro atoms. The van der Waals surface area contributed by atoms with Crippen LogP contribution in [0.4, 0.5) is 0 Å². The summed E-state index contributed by atoms with van der Waals surface area (Å²) in [6, 6.07) is 14.7. The maximum atomic E-state index is 12.1. The molecule has 3 rings (SSSR count). The van der Waals surface area contributed by atoms with Crippen LogP contribution < -0.4 is 10.1 Å². The summed E-state index contributed by atoms with van der Waals surface area (Å²) >= 11 is 0. The maximum Gasteiger partial charge on any atom is 0.251 e. The molecule has 0 radical (unpaired) electrons. The highest BCUT2D eigenvalue weighted by atomic mass is 16.5. The monoisotopic (exact) mass is 292 g/mol. The van der Waals surface area contributed by atoms with Crippen molar-refractivity contribution in [2.45, 2.75) is 19.4 Å². The molecule has 1 heterocycles. The van der Waals surface area contributed by atoms with Gasteiger partial charge in [0.2, 0.25) is 0 Å². The molecule has 0 aliphatic carbocycles. The molecule has 1 N–H and O–H groups in total. The fraction of sp³-hybridized carbons (Fsp3) is 0.222. The zero-order valence-corrected chi connectivity index (χ0v) is 12.1. The van der Waals surface area contributed by atoms with Gasteiger partial charge < -0.3 is 10.1 Å². The molecule has 2 aromatic carbocycles. The Morgan fingerprint density at radius 3 is 3.05 bits per heavy atom. The van der Waals surface area contributed by atoms with Crippen molar-refractivity contribution < 1.29 is 9.53 Å². The van der Waals surface area contributed by atoms with Crippen molar-refractivity contribution >= 4 is 5.91 Å². The zero-order chi connectivity index (χ0) is 15.4. The quantitative estimate of drug-likeness (QED) is 0.946. The SMILES string of the molecule is N#Cc1cccc(C(=O)NCc2ccc3c(c2)CCCO3)c1. The van der Waals surface area contributed by atoms with Gasteiger partial charge in [-0.05, 0) is 48.2 Å². The number of ether oxygens (including phenoxy) is 1. The van der Waals surface area contributed by atoms with Crippen LogP contribution in [0.5, 0.6) is 5.75 Å². The van der Waals surface area contributed by atoms with Crippen LogP contribution in [0.3, 0.4) is 0 Å². The molecule has 1 amide bonds. The Morgan fingerprint density at radius 1 is 1.27 bits per heavy atom. The number of hydrogen-bond donors (Lipinski definition) is 1. The normalized spacial score (nSPS) is 12.7. The molecule has 0 bridgehead atoms. The molecule has 0 atom stereocenters. The van der Waals surface area contributed by atoms with Crippen molar-refractivity contribution in [1.29, 1.82) is 5.26 Å². The van der Waals surface area contributed by atoms with Crippen molar-refractivity contribution in [1.82, 2.24) is 5.32 Å². The van der Waals surface area contributed by atoms with Gasteiger partial charge in [-0.3, -0.25) is 4.79 Å². The van der Waals surface area contributed by atoms with Crippen LogP contribution in [-0.4, -0.2) is 12.5 Å². The number of nitrogens with zero attached hydrogens (tertiary/aromatic N) is 1. The highest BCUT2D eigenvalue weighted by Gasteiger charge is 2.11. The van der Waals surface area contributed by atoms with Gasteiger partial charge in [-0.1, -0.05) is 18.2 Å². The summed E-state index contributed by atoms with van der Waals surface area (Å²) < 4.78 is 5.58. The number of nitrogens with one attached hydrogen (secondary N) is 1. The van der Waals surface area contributed by atoms with E-state index < -0.39 is 0 Å². The molecule has 0 unspecified atom stereocenters. The molecule has 1 aliphatic rings. The average Bonchev–Trinajstić information content (AvgIpc) is 2.59. The number of rotatable bonds is 3. The minimum atomic E-state index is -0.175. The second-order valence-corrected chi connectivity index (χ2v) is 5.27. The third kappa shape index (κ3) is 3.09. The number of hydrogen-bond acceptors (Lipinski definition) is 3. The lowest BCUT2D eigenvalue weighted by atomic mass is 10.0. The Hall–Kier alpha value is -2.80. The molecular formula is C18H16N2O2. The van der Waals surface area contributed by atoms with E-state index in [1.54, 1.807) is 24.3 Å². The number of fused-ring (bicyclic) bond motifs is 1. The van der Waals surface area contributed by atoms with Crippen molar-refractivity contribution in [3.63, 3.8) is 0 Å². The first-order valence-electron chi connectivity index (χ1n) is 7.29. The van der Waals surface area contributed by atoms with Crippen LogP contribution in [0.25, 0.3) is 0 Å². The molecule has 110 valence electrons. The Balaban J connectivity index is 1.67. The Kier molecular flexibility index (Phi) is 4.06. The molecule has 4 heteroatoms. The molecule has 0 saturated heterocycles. The van der Waals surface area contributed by atoms with E-state index in [4.69, 9.17) is 10.00 Å². The lowest BCUT2D eigenvalue weighted by Crippen LogP contribution is -2.23. The Morgan fingerprint density at radius 2 is 2.18 bits per heavy atom. The largest absolute Gasteiger partial charge is 0.493 e. The molecule has 1 aliphatic heterocycles. The van der Waals surface area contributed by atoms with Gasteiger partial charge in [0.05, 0.1) is 18.2 Å². The van der Waals surface area contributed by atoms with Crippen LogP contribution in [0.2, 0.25) is 0 Å². The van der Waals surface area contributed by atoms with Gasteiger partial charge in [-0.25, -0.2) is 0 Å². The van der Waals surface area contributed by atoms with Gasteiger partial charge in [-0.15, -0.1) is 0 Å². The first kappa shape index (κ1) is 14.2. The fourth-order valence-corrected chi connectivity index (χ4v) is 2.54. The number of amides is 1. The van der Waals surface area contributed by atoms with Gasteiger partial charge >= 0.3 is 0 Å². The number of benzene rings is 2. The second kappa shape index (κ2) is 6.31. The van der Waals surface area contributed by atoms with Crippen molar-refractivity contribution in [2.24, 2.45) is 0 Å². The van der Waals surface area contributed by atoms with Crippen LogP contribution in [-0.2, 0) is 13.0 Å². The highest BCUT2D eigenvalue weighted by Crippen LogP contribution is 2.25. The van der Waals surface area contributed by atoms with Gasteiger partial charge in [0.1, 0.15) is 5.75 Å². The summed E-state index contributed by atoms with van der Waals surface area (Å²) in [4.78, 5) is 12.1. The lowest BCUT2D eigenvalue weighted by molar-refractivity contribution is 0.0951. The molecule has 0 aromatic heterocycles. The first-order valence-corrected chi connectivity index (χ1v) is 7.29. The minimum absolute atomic E-state index is 0.175. The number of aryl methyl sites for hydroxylation is 1. The summed E-state index contributed by atoms with van der Waals surface area (Å²) in [5, 5.41) is 11.8. The van der Waals surface area contributed by atoms with Crippen LogP contribution in [0.15, 0.2) is 42.5 Å². The van der Waals surface area contributed by atoms with E-state index in [0.29, 0.717) is 17.7 Å². The van der Waals surface area contributed by atoms with Crippen molar-refractivity contribution in [3.05, 3.63) is 64.7 Å². The predicted octanol–water partition coefficient (Wildman–Crippen LogP) is 2.81. The van der Waals surface area contributed by atoms with E-state index in [9.17, 15) is 4.79 Å². The van der Waals surface area contributed by atoms with Gasteiger partial charge in [0, 0.05) is 12.1 Å². The summed E-state index contributed by atoms with van der Waals surface area (Å²) in [5.41, 5.74) is 3.23. The van der Waals surface area contributed by atoms with E-state index in [1.807, 2.05) is 18.2 Å². The van der Waals surface area contributed by atoms with Crippen molar-refractivity contribution in [2.75, 3.05) is 6.61 Å². The van der Waals surface area contributed by atoms with Crippen molar-refractivity contribution in [3.8, 4) is 11.8 Å². The number of carbonyl (C=O) groups excluding carboxylic acids is 1. The summed E-state index contributed by atoms with van der Waals surface area (Å²) in [6.45, 7) is 1.24. The third-order valence-corrected chi connectivity index (χ3v) is 3.68. The smallest absolute Gasteiger partial charge is 0.251 e. The molecule has 0 fully saturated rings. The topological polar surface area (TPSA) is 62.1 Å². The Bertz CT molecular complexity index is 747. The average molecular weight is 292 g/mol. The minimum Gasteiger partial charge on any atom is -0.493 e. The van der Waals surface area contributed by atoms with Crippen LogP contribution >= 0.6 is 0 Å². The molecule has 22 heavy (non-hydrogen) atoms. The highest BCUT2D eigenvalue weighted by molar-refractivity contribution is 5.94. The van der Waals surface area contributed by atoms with Gasteiger partial charge in [-0.2, -0.15) is 5.26 Å². The molecule has 0 saturated carbocycles. The Labute approximate surface area is 129 Å². The summed E-state index contributed by atoms with van der Waals surface area (Å²) in [7, 11) is 0. The molecule has 4 nitrogen and oxygen atoms in total.